The Balaban J connectivity index is 1.67. The SMILES string of the molecule is C=C1c2cc(-c3ccc(C(F)(F)F)cc3)ccc2OCCN1[C@H](C)c1ncccn1. The molecule has 1 aliphatic rings. The summed E-state index contributed by atoms with van der Waals surface area (Å²) in [6.45, 7) is 7.36. The van der Waals surface area contributed by atoms with Gasteiger partial charge < -0.3 is 9.64 Å². The van der Waals surface area contributed by atoms with Crippen LogP contribution in [0.3, 0.4) is 0 Å². The Hall–Kier alpha value is -3.35. The molecule has 0 radical (unpaired) electrons. The maximum atomic E-state index is 12.9. The lowest BCUT2D eigenvalue weighted by Gasteiger charge is -2.30. The van der Waals surface area contributed by atoms with Crippen molar-refractivity contribution < 1.29 is 17.9 Å². The molecule has 0 amide bonds. The quantitative estimate of drug-likeness (QED) is 0.563. The molecule has 4 rings (SSSR count). The maximum Gasteiger partial charge on any atom is 0.416 e. The van der Waals surface area contributed by atoms with Crippen LogP contribution in [0.15, 0.2) is 67.5 Å². The summed E-state index contributed by atoms with van der Waals surface area (Å²) >= 11 is 0. The van der Waals surface area contributed by atoms with Gasteiger partial charge in [0, 0.05) is 23.7 Å². The fraction of sp³-hybridized carbons (Fsp3) is 0.217. The van der Waals surface area contributed by atoms with Gasteiger partial charge in [0.25, 0.3) is 0 Å². The molecule has 0 saturated carbocycles. The fourth-order valence-electron chi connectivity index (χ4n) is 3.55. The van der Waals surface area contributed by atoms with Crippen LogP contribution in [-0.4, -0.2) is 28.0 Å². The van der Waals surface area contributed by atoms with E-state index in [1.807, 2.05) is 25.1 Å². The van der Waals surface area contributed by atoms with Crippen LogP contribution in [0.2, 0.25) is 0 Å². The van der Waals surface area contributed by atoms with Crippen molar-refractivity contribution in [1.82, 2.24) is 14.9 Å². The highest BCUT2D eigenvalue weighted by atomic mass is 19.4. The Bertz CT molecular complexity index is 1050. The van der Waals surface area contributed by atoms with Gasteiger partial charge in [-0.05, 0) is 48.4 Å². The largest absolute Gasteiger partial charge is 0.491 e. The molecule has 4 nitrogen and oxygen atoms in total. The third kappa shape index (κ3) is 3.87. The van der Waals surface area contributed by atoms with Gasteiger partial charge in [0.1, 0.15) is 18.2 Å². The summed E-state index contributed by atoms with van der Waals surface area (Å²) in [6.07, 6.45) is -0.955. The highest BCUT2D eigenvalue weighted by Gasteiger charge is 2.30. The van der Waals surface area contributed by atoms with Gasteiger partial charge in [-0.1, -0.05) is 24.8 Å². The van der Waals surface area contributed by atoms with Crippen molar-refractivity contribution >= 4 is 5.70 Å². The monoisotopic (exact) mass is 411 g/mol. The van der Waals surface area contributed by atoms with Crippen LogP contribution in [0.1, 0.15) is 29.9 Å². The molecule has 1 aromatic heterocycles. The van der Waals surface area contributed by atoms with E-state index < -0.39 is 11.7 Å². The van der Waals surface area contributed by atoms with Crippen LogP contribution < -0.4 is 4.74 Å². The zero-order chi connectivity index (χ0) is 21.3. The molecule has 0 aliphatic carbocycles. The Morgan fingerprint density at radius 3 is 2.37 bits per heavy atom. The van der Waals surface area contributed by atoms with Crippen molar-refractivity contribution in [2.45, 2.75) is 19.1 Å². The Kier molecular flexibility index (Phi) is 5.20. The molecule has 154 valence electrons. The van der Waals surface area contributed by atoms with Crippen molar-refractivity contribution in [3.63, 3.8) is 0 Å². The Morgan fingerprint density at radius 1 is 1.03 bits per heavy atom. The molecule has 1 aliphatic heterocycles. The van der Waals surface area contributed by atoms with Gasteiger partial charge in [0.05, 0.1) is 18.2 Å². The first kappa shape index (κ1) is 19.9. The summed E-state index contributed by atoms with van der Waals surface area (Å²) in [5, 5.41) is 0. The van der Waals surface area contributed by atoms with Crippen molar-refractivity contribution in [1.29, 1.82) is 0 Å². The van der Waals surface area contributed by atoms with Crippen LogP contribution >= 0.6 is 0 Å². The number of halogens is 3. The van der Waals surface area contributed by atoms with Crippen molar-refractivity contribution in [2.75, 3.05) is 13.2 Å². The van der Waals surface area contributed by atoms with E-state index in [-0.39, 0.29) is 6.04 Å². The van der Waals surface area contributed by atoms with Gasteiger partial charge >= 0.3 is 6.18 Å². The van der Waals surface area contributed by atoms with Gasteiger partial charge in [-0.25, -0.2) is 9.97 Å². The first-order chi connectivity index (χ1) is 14.3. The standard InChI is InChI=1S/C23H20F3N3O/c1-15-20-14-18(17-4-7-19(8-5-17)23(24,25)26)6-9-21(20)30-13-12-29(15)16(2)22-27-10-3-11-28-22/h3-11,14,16H,1,12-13H2,2H3/t16-/m1/s1. The Morgan fingerprint density at radius 2 is 1.70 bits per heavy atom. The van der Waals surface area contributed by atoms with Gasteiger partial charge in [0.2, 0.25) is 0 Å². The summed E-state index contributed by atoms with van der Waals surface area (Å²) in [4.78, 5) is 10.8. The van der Waals surface area contributed by atoms with Crippen molar-refractivity contribution in [2.24, 2.45) is 0 Å². The normalized spacial score (nSPS) is 15.2. The van der Waals surface area contributed by atoms with Gasteiger partial charge in [-0.2, -0.15) is 13.2 Å². The maximum absolute atomic E-state index is 12.9. The zero-order valence-corrected chi connectivity index (χ0v) is 16.4. The number of fused-ring (bicyclic) bond motifs is 1. The average molecular weight is 411 g/mol. The molecule has 0 N–H and O–H groups in total. The molecule has 0 fully saturated rings. The van der Waals surface area contributed by atoms with E-state index in [1.165, 1.54) is 12.1 Å². The van der Waals surface area contributed by atoms with Crippen LogP contribution in [0.25, 0.3) is 16.8 Å². The topological polar surface area (TPSA) is 38.2 Å². The molecular formula is C23H20F3N3O. The van der Waals surface area contributed by atoms with Crippen LogP contribution in [0.4, 0.5) is 13.2 Å². The van der Waals surface area contributed by atoms with Crippen LogP contribution in [-0.2, 0) is 6.18 Å². The average Bonchev–Trinajstić information content (AvgIpc) is 2.92. The fourth-order valence-corrected chi connectivity index (χ4v) is 3.55. The van der Waals surface area contributed by atoms with E-state index in [2.05, 4.69) is 21.4 Å². The van der Waals surface area contributed by atoms with Gasteiger partial charge in [-0.15, -0.1) is 0 Å². The molecule has 30 heavy (non-hydrogen) atoms. The first-order valence-corrected chi connectivity index (χ1v) is 9.52. The highest BCUT2D eigenvalue weighted by molar-refractivity contribution is 5.75. The summed E-state index contributed by atoms with van der Waals surface area (Å²) < 4.78 is 44.5. The molecule has 2 aromatic carbocycles. The highest BCUT2D eigenvalue weighted by Crippen LogP contribution is 2.38. The summed E-state index contributed by atoms with van der Waals surface area (Å²) in [7, 11) is 0. The number of hydrogen-bond acceptors (Lipinski definition) is 4. The van der Waals surface area contributed by atoms with Crippen LogP contribution in [0, 0.1) is 0 Å². The van der Waals surface area contributed by atoms with E-state index >= 15 is 0 Å². The predicted octanol–water partition coefficient (Wildman–Crippen LogP) is 5.59. The predicted molar refractivity (Wildman–Crippen MR) is 109 cm³/mol. The van der Waals surface area contributed by atoms with E-state index in [4.69, 9.17) is 4.74 Å². The van der Waals surface area contributed by atoms with E-state index in [9.17, 15) is 13.2 Å². The molecule has 2 heterocycles. The summed E-state index contributed by atoms with van der Waals surface area (Å²) in [5.41, 5.74) is 2.37. The number of nitrogens with zero attached hydrogens (tertiary/aromatic N) is 3. The zero-order valence-electron chi connectivity index (χ0n) is 16.4. The number of hydrogen-bond donors (Lipinski definition) is 0. The minimum absolute atomic E-state index is 0.108. The molecule has 7 heteroatoms. The molecule has 0 saturated heterocycles. The first-order valence-electron chi connectivity index (χ1n) is 9.52. The number of rotatable bonds is 3. The molecule has 0 bridgehead atoms. The lowest BCUT2D eigenvalue weighted by atomic mass is 9.99. The molecule has 0 unspecified atom stereocenters. The number of ether oxygens (including phenoxy) is 1. The molecule has 0 spiro atoms. The minimum Gasteiger partial charge on any atom is -0.491 e. The van der Waals surface area contributed by atoms with Crippen LogP contribution in [0.5, 0.6) is 5.75 Å². The van der Waals surface area contributed by atoms with Gasteiger partial charge in [-0.3, -0.25) is 0 Å². The molecule has 1 atom stereocenters. The van der Waals surface area contributed by atoms with E-state index in [1.54, 1.807) is 18.5 Å². The second-order valence-corrected chi connectivity index (χ2v) is 7.06. The second-order valence-electron chi connectivity index (χ2n) is 7.06. The number of benzene rings is 2. The molecular weight excluding hydrogens is 391 g/mol. The van der Waals surface area contributed by atoms with Gasteiger partial charge in [0.15, 0.2) is 0 Å². The lowest BCUT2D eigenvalue weighted by molar-refractivity contribution is -0.137. The third-order valence-corrected chi connectivity index (χ3v) is 5.20. The number of aromatic nitrogens is 2. The minimum atomic E-state index is -4.36. The Labute approximate surface area is 172 Å². The van der Waals surface area contributed by atoms with E-state index in [0.29, 0.717) is 30.3 Å². The van der Waals surface area contributed by atoms with E-state index in [0.717, 1.165) is 29.0 Å². The second kappa shape index (κ2) is 7.82. The summed E-state index contributed by atoms with van der Waals surface area (Å²) in [5.74, 6) is 1.38. The summed E-state index contributed by atoms with van der Waals surface area (Å²) in [6, 6.07) is 12.4. The third-order valence-electron chi connectivity index (χ3n) is 5.20. The number of alkyl halides is 3. The molecule has 3 aromatic rings. The lowest BCUT2D eigenvalue weighted by Crippen LogP contribution is -2.28. The van der Waals surface area contributed by atoms with Crippen molar-refractivity contribution in [3.05, 3.63) is 84.5 Å². The van der Waals surface area contributed by atoms with Crippen molar-refractivity contribution in [3.8, 4) is 16.9 Å². The smallest absolute Gasteiger partial charge is 0.416 e.